The zero-order chi connectivity index (χ0) is 14.6. The molecule has 1 fully saturated rings. The number of rotatable bonds is 6. The summed E-state index contributed by atoms with van der Waals surface area (Å²) >= 11 is 0. The normalized spacial score (nSPS) is 26.1. The Kier molecular flexibility index (Phi) is 6.32. The van der Waals surface area contributed by atoms with Crippen molar-refractivity contribution in [2.45, 2.75) is 85.4 Å². The van der Waals surface area contributed by atoms with E-state index in [-0.39, 0.29) is 5.54 Å². The lowest BCUT2D eigenvalue weighted by molar-refractivity contribution is 0.0337. The molecule has 19 heavy (non-hydrogen) atoms. The first-order valence-electron chi connectivity index (χ1n) is 8.23. The molecule has 2 nitrogen and oxygen atoms in total. The molecule has 1 aliphatic heterocycles. The Morgan fingerprint density at radius 3 is 2.26 bits per heavy atom. The lowest BCUT2D eigenvalue weighted by Crippen LogP contribution is -2.64. The summed E-state index contributed by atoms with van der Waals surface area (Å²) in [7, 11) is 0. The fraction of sp³-hybridized carbons (Fsp3) is 1.00. The zero-order valence-electron chi connectivity index (χ0n) is 14.3. The fourth-order valence-electron chi connectivity index (χ4n) is 3.22. The topological polar surface area (TPSA) is 15.3 Å². The van der Waals surface area contributed by atoms with E-state index in [1.807, 2.05) is 0 Å². The summed E-state index contributed by atoms with van der Waals surface area (Å²) in [4.78, 5) is 2.77. The minimum Gasteiger partial charge on any atom is -0.309 e. The predicted molar refractivity (Wildman–Crippen MR) is 85.6 cm³/mol. The standard InChI is InChI=1S/C17H36N2/c1-13(2)9-8-10-15(5)19-12-17(6,7)18-11-16(19)14(3)4/h13-16,18H,8-12H2,1-7H3. The van der Waals surface area contributed by atoms with Crippen LogP contribution in [0.3, 0.4) is 0 Å². The van der Waals surface area contributed by atoms with Crippen LogP contribution in [0.1, 0.15) is 67.7 Å². The van der Waals surface area contributed by atoms with Gasteiger partial charge in [0.2, 0.25) is 0 Å². The second-order valence-corrected chi connectivity index (χ2v) is 7.92. The van der Waals surface area contributed by atoms with Gasteiger partial charge < -0.3 is 5.32 Å². The van der Waals surface area contributed by atoms with Crippen molar-refractivity contribution in [1.82, 2.24) is 10.2 Å². The summed E-state index contributed by atoms with van der Waals surface area (Å²) in [5.41, 5.74) is 0.262. The van der Waals surface area contributed by atoms with Gasteiger partial charge in [-0.3, -0.25) is 4.90 Å². The number of hydrogen-bond acceptors (Lipinski definition) is 2. The van der Waals surface area contributed by atoms with E-state index < -0.39 is 0 Å². The van der Waals surface area contributed by atoms with Crippen LogP contribution in [0.2, 0.25) is 0 Å². The first-order valence-corrected chi connectivity index (χ1v) is 8.23. The van der Waals surface area contributed by atoms with E-state index in [1.54, 1.807) is 0 Å². The van der Waals surface area contributed by atoms with E-state index in [4.69, 9.17) is 0 Å². The lowest BCUT2D eigenvalue weighted by atomic mass is 9.90. The molecule has 1 aliphatic rings. The van der Waals surface area contributed by atoms with Crippen molar-refractivity contribution in [3.05, 3.63) is 0 Å². The van der Waals surface area contributed by atoms with Crippen molar-refractivity contribution >= 4 is 0 Å². The molecule has 114 valence electrons. The molecule has 1 N–H and O–H groups in total. The van der Waals surface area contributed by atoms with Crippen LogP contribution in [0.15, 0.2) is 0 Å². The summed E-state index contributed by atoms with van der Waals surface area (Å²) in [6.07, 6.45) is 4.08. The molecule has 0 aromatic heterocycles. The molecule has 0 aromatic rings. The van der Waals surface area contributed by atoms with E-state index in [9.17, 15) is 0 Å². The Bertz CT molecular complexity index is 258. The van der Waals surface area contributed by atoms with Gasteiger partial charge in [-0.1, -0.05) is 40.5 Å². The van der Waals surface area contributed by atoms with Crippen LogP contribution in [0.25, 0.3) is 0 Å². The van der Waals surface area contributed by atoms with Crippen molar-refractivity contribution in [2.75, 3.05) is 13.1 Å². The molecule has 0 bridgehead atoms. The number of hydrogen-bond donors (Lipinski definition) is 1. The second-order valence-electron chi connectivity index (χ2n) is 7.92. The van der Waals surface area contributed by atoms with Crippen molar-refractivity contribution < 1.29 is 0 Å². The number of piperazine rings is 1. The largest absolute Gasteiger partial charge is 0.309 e. The van der Waals surface area contributed by atoms with E-state index >= 15 is 0 Å². The van der Waals surface area contributed by atoms with Crippen LogP contribution in [0.5, 0.6) is 0 Å². The Labute approximate surface area is 121 Å². The molecule has 0 radical (unpaired) electrons. The van der Waals surface area contributed by atoms with Gasteiger partial charge in [-0.15, -0.1) is 0 Å². The van der Waals surface area contributed by atoms with Crippen LogP contribution in [0, 0.1) is 11.8 Å². The average Bonchev–Trinajstić information content (AvgIpc) is 2.26. The minimum atomic E-state index is 0.262. The maximum absolute atomic E-state index is 3.71. The van der Waals surface area contributed by atoms with Crippen LogP contribution in [0.4, 0.5) is 0 Å². The fourth-order valence-corrected chi connectivity index (χ4v) is 3.22. The Morgan fingerprint density at radius 1 is 1.11 bits per heavy atom. The van der Waals surface area contributed by atoms with Crippen LogP contribution in [-0.4, -0.2) is 35.6 Å². The highest BCUT2D eigenvalue weighted by Gasteiger charge is 2.35. The number of nitrogens with zero attached hydrogens (tertiary/aromatic N) is 1. The number of nitrogens with one attached hydrogen (secondary N) is 1. The van der Waals surface area contributed by atoms with E-state index in [2.05, 4.69) is 58.7 Å². The third-order valence-corrected chi connectivity index (χ3v) is 4.53. The van der Waals surface area contributed by atoms with Crippen LogP contribution >= 0.6 is 0 Å². The van der Waals surface area contributed by atoms with Crippen molar-refractivity contribution in [2.24, 2.45) is 11.8 Å². The minimum absolute atomic E-state index is 0.262. The van der Waals surface area contributed by atoms with Gasteiger partial charge in [0.15, 0.2) is 0 Å². The molecule has 0 aliphatic carbocycles. The van der Waals surface area contributed by atoms with Crippen molar-refractivity contribution in [1.29, 1.82) is 0 Å². The summed E-state index contributed by atoms with van der Waals surface area (Å²) in [5, 5.41) is 3.71. The molecule has 1 rings (SSSR count). The van der Waals surface area contributed by atoms with Gasteiger partial charge in [0.25, 0.3) is 0 Å². The molecule has 0 saturated carbocycles. The highest BCUT2D eigenvalue weighted by Crippen LogP contribution is 2.24. The summed E-state index contributed by atoms with van der Waals surface area (Å²) < 4.78 is 0. The highest BCUT2D eigenvalue weighted by atomic mass is 15.3. The van der Waals surface area contributed by atoms with Gasteiger partial charge in [-0.25, -0.2) is 0 Å². The molecule has 1 saturated heterocycles. The SMILES string of the molecule is CC(C)CCCC(C)N1CC(C)(C)NCC1C(C)C. The lowest BCUT2D eigenvalue weighted by Gasteiger charge is -2.49. The van der Waals surface area contributed by atoms with Crippen molar-refractivity contribution in [3.63, 3.8) is 0 Å². The highest BCUT2D eigenvalue weighted by molar-refractivity contribution is 4.95. The van der Waals surface area contributed by atoms with Gasteiger partial charge in [0.1, 0.15) is 0 Å². The molecule has 0 spiro atoms. The molecule has 2 unspecified atom stereocenters. The molecular weight excluding hydrogens is 232 g/mol. The van der Waals surface area contributed by atoms with Gasteiger partial charge >= 0.3 is 0 Å². The smallest absolute Gasteiger partial charge is 0.0253 e. The summed E-state index contributed by atoms with van der Waals surface area (Å²) in [5.74, 6) is 1.57. The molecular formula is C17H36N2. The third-order valence-electron chi connectivity index (χ3n) is 4.53. The Balaban J connectivity index is 2.57. The van der Waals surface area contributed by atoms with Crippen molar-refractivity contribution in [3.8, 4) is 0 Å². The summed E-state index contributed by atoms with van der Waals surface area (Å²) in [6, 6.07) is 1.41. The van der Waals surface area contributed by atoms with E-state index in [0.717, 1.165) is 18.4 Å². The molecule has 0 amide bonds. The van der Waals surface area contributed by atoms with E-state index in [1.165, 1.54) is 25.8 Å². The van der Waals surface area contributed by atoms with Gasteiger partial charge in [-0.05, 0) is 39.0 Å². The van der Waals surface area contributed by atoms with Crippen LogP contribution < -0.4 is 5.32 Å². The zero-order valence-corrected chi connectivity index (χ0v) is 14.3. The van der Waals surface area contributed by atoms with Gasteiger partial charge in [0.05, 0.1) is 0 Å². The maximum atomic E-state index is 3.71. The first-order chi connectivity index (χ1) is 8.73. The van der Waals surface area contributed by atoms with Gasteiger partial charge in [0, 0.05) is 30.7 Å². The average molecular weight is 268 g/mol. The second kappa shape index (κ2) is 7.08. The molecule has 2 heteroatoms. The monoisotopic (exact) mass is 268 g/mol. The van der Waals surface area contributed by atoms with Gasteiger partial charge in [-0.2, -0.15) is 0 Å². The molecule has 0 aromatic carbocycles. The van der Waals surface area contributed by atoms with E-state index in [0.29, 0.717) is 12.1 Å². The Morgan fingerprint density at radius 2 is 1.74 bits per heavy atom. The quantitative estimate of drug-likeness (QED) is 0.786. The maximum Gasteiger partial charge on any atom is 0.0253 e. The predicted octanol–water partition coefficient (Wildman–Crippen LogP) is 3.91. The Hall–Kier alpha value is -0.0800. The molecule has 2 atom stereocenters. The van der Waals surface area contributed by atoms with Crippen LogP contribution in [-0.2, 0) is 0 Å². The first kappa shape index (κ1) is 17.0. The summed E-state index contributed by atoms with van der Waals surface area (Å²) in [6.45, 7) is 18.8. The molecule has 1 heterocycles. The third kappa shape index (κ3) is 5.43.